The van der Waals surface area contributed by atoms with Crippen molar-refractivity contribution in [2.75, 3.05) is 44.9 Å². The Morgan fingerprint density at radius 2 is 1.22 bits per heavy atom. The Balaban J connectivity index is 0.831. The molecule has 101 heavy (non-hydrogen) atoms. The fraction of sp³-hybridized carbons (Fsp3) is 0.565. The second kappa shape index (κ2) is 30.2. The second-order valence-electron chi connectivity index (χ2n) is 29.0. The number of ether oxygens (including phenoxy) is 6. The van der Waals surface area contributed by atoms with E-state index in [1.54, 1.807) is 88.4 Å². The van der Waals surface area contributed by atoms with Gasteiger partial charge in [0.05, 0.1) is 49.7 Å². The Bertz CT molecular complexity index is 4160. The molecule has 0 bridgehead atoms. The molecule has 10 rings (SSSR count). The number of nitrogens with zero attached hydrogens (tertiary/aromatic N) is 8. The molecule has 32 heteroatoms. The Hall–Kier alpha value is -7.94. The lowest BCUT2D eigenvalue weighted by Crippen LogP contribution is -2.48. The maximum absolute atomic E-state index is 15.4. The highest BCUT2D eigenvalue weighted by Gasteiger charge is 2.62. The molecule has 2 saturated heterocycles. The predicted molar refractivity (Wildman–Crippen MR) is 368 cm³/mol. The van der Waals surface area contributed by atoms with Gasteiger partial charge >= 0.3 is 39.4 Å². The molecule has 2 aliphatic heterocycles. The van der Waals surface area contributed by atoms with Crippen LogP contribution in [0.4, 0.5) is 11.6 Å². The van der Waals surface area contributed by atoms with Gasteiger partial charge in [-0.3, -0.25) is 33.2 Å². The van der Waals surface area contributed by atoms with Crippen molar-refractivity contribution < 1.29 is 85.0 Å². The number of nitrogens with one attached hydrogen (secondary N) is 2. The smallest absolute Gasteiger partial charge is 0.459 e. The maximum atomic E-state index is 15.4. The highest BCUT2D eigenvalue weighted by atomic mass is 31.2. The lowest BCUT2D eigenvalue weighted by atomic mass is 9.75. The molecule has 2 saturated carbocycles. The number of fused-ring (bicyclic) bond motifs is 2. The first kappa shape index (κ1) is 75.7. The van der Waals surface area contributed by atoms with Crippen LogP contribution in [0, 0.1) is 35.0 Å². The summed E-state index contributed by atoms with van der Waals surface area (Å²) in [6, 6.07) is 19.3. The Morgan fingerprint density at radius 3 is 1.72 bits per heavy atom. The summed E-state index contributed by atoms with van der Waals surface area (Å²) in [5, 5.41) is 48.9. The van der Waals surface area contributed by atoms with Crippen LogP contribution in [0.15, 0.2) is 84.1 Å². The molecule has 12 atom stereocenters. The first-order valence-corrected chi connectivity index (χ1v) is 36.9. The zero-order valence-electron chi connectivity index (χ0n) is 59.0. The molecule has 2 aliphatic carbocycles. The van der Waals surface area contributed by atoms with E-state index < -0.39 is 124 Å². The first-order valence-electron chi connectivity index (χ1n) is 33.8. The van der Waals surface area contributed by atoms with Crippen molar-refractivity contribution in [2.24, 2.45) is 28.7 Å². The van der Waals surface area contributed by atoms with E-state index >= 15 is 4.57 Å². The van der Waals surface area contributed by atoms with Crippen LogP contribution in [0.5, 0.6) is 11.5 Å². The largest absolute Gasteiger partial charge is 0.464 e. The van der Waals surface area contributed by atoms with E-state index in [0.717, 1.165) is 30.4 Å². The van der Waals surface area contributed by atoms with Gasteiger partial charge in [0.1, 0.15) is 71.4 Å². The third kappa shape index (κ3) is 16.4. The molecule has 30 nitrogen and oxygen atoms in total. The standard InChI is InChI=1S/C69H92N12O18P2/c1-38(2)62(84)94-56-52(97-69(36-73-13,58(56)95-63(85)39(3)4)54-28-25-49-59(71)74-37-75-80(49)54)34-93-101(89,99-48-23-19-46(20-24-48)67(10,11)12)79-41(6)65(87)91-32-43-29-44(30-43)61-76-60(72)50-26-27-53(81(50)77-61)68(35-70)57(83)55(82)51(96-68)33-92-100(88,78-40(5)64(86)90-31-42-15-14-16-42)98-47-21-17-45(18-22-47)66(7,8)9/h17-28,36-44,51-52,55-58,82-83H,14-16,29-34H2,1-13H3,(H,78,88)(H,79,89)(H2,71,74,75)(H2,72,76,77)/t40-,41-,43?,44?,51+,52+,55+,56+,57+,58+,68-,69-,100?,101?/m0/s1. The van der Waals surface area contributed by atoms with E-state index in [0.29, 0.717) is 18.4 Å². The number of anilines is 2. The number of esters is 4. The maximum Gasteiger partial charge on any atom is 0.459 e. The number of rotatable bonds is 28. The van der Waals surface area contributed by atoms with Gasteiger partial charge in [-0.15, -0.1) is 0 Å². The van der Waals surface area contributed by atoms with Crippen LogP contribution in [0.3, 0.4) is 0 Å². The molecule has 2 unspecified atom stereocenters. The van der Waals surface area contributed by atoms with E-state index in [1.165, 1.54) is 54.6 Å². The zero-order chi connectivity index (χ0) is 73.3. The van der Waals surface area contributed by atoms with E-state index in [4.69, 9.17) is 63.1 Å². The number of aliphatic imine (C=N–C) groups is 1. The topological polar surface area (TPSA) is 408 Å². The van der Waals surface area contributed by atoms with Gasteiger partial charge in [0.2, 0.25) is 5.60 Å². The monoisotopic (exact) mass is 1440 g/mol. The van der Waals surface area contributed by atoms with Gasteiger partial charge in [0.15, 0.2) is 35.3 Å². The second-order valence-corrected chi connectivity index (χ2v) is 32.4. The summed E-state index contributed by atoms with van der Waals surface area (Å²) in [6.07, 6.45) is -3.23. The number of aliphatic hydroxyl groups is 2. The molecular formula is C69H92N12O18P2. The molecule has 2 aromatic carbocycles. The van der Waals surface area contributed by atoms with Crippen molar-refractivity contribution in [3.05, 3.63) is 107 Å². The Labute approximate surface area is 586 Å². The number of hydrogen-bond donors (Lipinski definition) is 6. The first-order chi connectivity index (χ1) is 47.6. The number of nitriles is 1. The van der Waals surface area contributed by atoms with E-state index in [-0.39, 0.29) is 87.7 Å². The van der Waals surface area contributed by atoms with Crippen molar-refractivity contribution in [1.82, 2.24) is 39.4 Å². The van der Waals surface area contributed by atoms with Gasteiger partial charge in [0, 0.05) is 19.2 Å². The summed E-state index contributed by atoms with van der Waals surface area (Å²) in [4.78, 5) is 67.6. The van der Waals surface area contributed by atoms with Crippen LogP contribution < -0.4 is 30.7 Å². The van der Waals surface area contributed by atoms with Crippen LogP contribution in [0.2, 0.25) is 0 Å². The average molecular weight is 1440 g/mol. The summed E-state index contributed by atoms with van der Waals surface area (Å²) in [5.41, 5.74) is 10.9. The van der Waals surface area contributed by atoms with Crippen molar-refractivity contribution in [2.45, 2.75) is 192 Å². The fourth-order valence-electron chi connectivity index (χ4n) is 12.2. The Morgan fingerprint density at radius 1 is 0.703 bits per heavy atom. The van der Waals surface area contributed by atoms with E-state index in [2.05, 4.69) is 30.2 Å². The highest BCUT2D eigenvalue weighted by molar-refractivity contribution is 7.52. The molecule has 6 aromatic rings. The summed E-state index contributed by atoms with van der Waals surface area (Å²) in [5.74, 6) is -3.98. The van der Waals surface area contributed by atoms with Gasteiger partial charge < -0.3 is 59.1 Å². The van der Waals surface area contributed by atoms with Crippen molar-refractivity contribution in [3.8, 4) is 17.6 Å². The zero-order valence-corrected chi connectivity index (χ0v) is 60.8. The minimum atomic E-state index is -4.73. The summed E-state index contributed by atoms with van der Waals surface area (Å²) >= 11 is 0. The van der Waals surface area contributed by atoms with E-state index in [1.807, 2.05) is 47.6 Å². The molecule has 0 spiro atoms. The fourth-order valence-corrected chi connectivity index (χ4v) is 15.2. The molecule has 8 N–H and O–H groups in total. The molecule has 546 valence electrons. The van der Waals surface area contributed by atoms with Gasteiger partial charge in [-0.25, -0.2) is 28.1 Å². The molecule has 0 amide bonds. The highest BCUT2D eigenvalue weighted by Crippen LogP contribution is 2.51. The van der Waals surface area contributed by atoms with Gasteiger partial charge in [-0.05, 0) is 122 Å². The summed E-state index contributed by atoms with van der Waals surface area (Å²) in [7, 11) is -7.80. The number of aliphatic hydroxyl groups excluding tert-OH is 2. The number of nitrogens with two attached hydrogens (primary N) is 2. The van der Waals surface area contributed by atoms with Crippen molar-refractivity contribution in [3.63, 3.8) is 0 Å². The number of nitrogen functional groups attached to an aromatic ring is 2. The lowest BCUT2D eigenvalue weighted by Gasteiger charge is -2.34. The third-order valence-corrected chi connectivity index (χ3v) is 21.8. The van der Waals surface area contributed by atoms with Crippen LogP contribution in [-0.2, 0) is 87.8 Å². The van der Waals surface area contributed by atoms with Gasteiger partial charge in [0.25, 0.3) is 0 Å². The van der Waals surface area contributed by atoms with Gasteiger partial charge in [-0.2, -0.15) is 25.6 Å². The normalized spacial score (nSPS) is 25.8. The van der Waals surface area contributed by atoms with Crippen LogP contribution in [0.25, 0.3) is 11.0 Å². The van der Waals surface area contributed by atoms with Crippen LogP contribution in [0.1, 0.15) is 149 Å². The minimum absolute atomic E-state index is 0.0153. The molecule has 4 aromatic heterocycles. The number of aromatic nitrogens is 6. The predicted octanol–water partition coefficient (Wildman–Crippen LogP) is 8.25. The molecule has 6 heterocycles. The Kier molecular flexibility index (Phi) is 22.6. The quantitative estimate of drug-likeness (QED) is 0.0116. The molecule has 4 fully saturated rings. The molecule has 0 radical (unpaired) electrons. The molecular weight excluding hydrogens is 1350 g/mol. The van der Waals surface area contributed by atoms with Crippen molar-refractivity contribution in [1.29, 1.82) is 5.26 Å². The number of carbonyl (C=O) groups is 4. The summed E-state index contributed by atoms with van der Waals surface area (Å²) < 4.78 is 94.0. The van der Waals surface area contributed by atoms with E-state index in [9.17, 15) is 39.2 Å². The van der Waals surface area contributed by atoms with Gasteiger partial charge in [-0.1, -0.05) is 99.9 Å². The molecule has 4 aliphatic rings. The summed E-state index contributed by atoms with van der Waals surface area (Å²) in [6.45, 7) is 20.3. The number of benzene rings is 2. The average Bonchev–Trinajstić information content (AvgIpc) is 1.58. The van der Waals surface area contributed by atoms with Crippen LogP contribution in [-0.4, -0.2) is 152 Å². The third-order valence-electron chi connectivity index (χ3n) is 18.5. The lowest BCUT2D eigenvalue weighted by molar-refractivity contribution is -0.172. The number of hydrogen-bond acceptors (Lipinski definition) is 26. The minimum Gasteiger partial charge on any atom is -0.464 e. The number of carbonyl (C=O) groups excluding carboxylic acids is 4. The van der Waals surface area contributed by atoms with Crippen molar-refractivity contribution >= 4 is 68.3 Å². The SMILES string of the molecule is CN=C[C@@]1(c2ccc3c(N)ncnn23)O[C@H](COP(=O)(N[C@@H](C)C(=O)OCC2CC(c3nc(N)c4ccc([C@]5(C#N)O[C@H](COP(=O)(N[C@@H](C)C(=O)OCC6CCC6)Oc6ccc(C(C)(C)C)cc6)[C@@H](O)[C@H]5O)n4n3)C2)Oc2ccc(C(C)(C)C)cc2)[C@@H](OC(=O)C(C)C)[C@H]1OC(=O)C(C)C. The van der Waals surface area contributed by atoms with Crippen LogP contribution >= 0.6 is 15.5 Å².